The number of fused-ring (bicyclic) bond motifs is 12. The van der Waals surface area contributed by atoms with Crippen LogP contribution in [0.5, 0.6) is 0 Å². The van der Waals surface area contributed by atoms with Gasteiger partial charge in [-0.25, -0.2) is 0 Å². The molecule has 90 heavy (non-hydrogen) atoms. The van der Waals surface area contributed by atoms with Crippen LogP contribution in [0.4, 0.5) is 0 Å². The van der Waals surface area contributed by atoms with E-state index in [0.29, 0.717) is 35.5 Å². The smallest absolute Gasteiger partial charge is 0.0215 e. The van der Waals surface area contributed by atoms with E-state index < -0.39 is 0 Å². The van der Waals surface area contributed by atoms with Crippen LogP contribution in [0.25, 0.3) is 77.9 Å². The summed E-state index contributed by atoms with van der Waals surface area (Å²) in [5, 5.41) is 0. The molecule has 0 aromatic heterocycles. The van der Waals surface area contributed by atoms with Gasteiger partial charge in [0.2, 0.25) is 0 Å². The molecule has 0 radical (unpaired) electrons. The third-order valence-corrected chi connectivity index (χ3v) is 22.9. The average Bonchev–Trinajstić information content (AvgIpc) is 1.63. The lowest BCUT2D eigenvalue weighted by Gasteiger charge is -2.35. The molecule has 0 amide bonds. The predicted octanol–water partition coefficient (Wildman–Crippen LogP) is 26.5. The molecule has 0 aliphatic heterocycles. The Balaban J connectivity index is 0.905. The molecule has 4 aliphatic carbocycles. The van der Waals surface area contributed by atoms with E-state index >= 15 is 0 Å². The molecule has 0 nitrogen and oxygen atoms in total. The average molecular weight is 1190 g/mol. The number of unbranched alkanes of at least 4 members (excludes halogenated alkanes) is 2. The fourth-order valence-electron chi connectivity index (χ4n) is 17.4. The van der Waals surface area contributed by atoms with Gasteiger partial charge in [0.1, 0.15) is 0 Å². The van der Waals surface area contributed by atoms with Crippen LogP contribution in [0, 0.1) is 42.4 Å². The van der Waals surface area contributed by atoms with Gasteiger partial charge in [-0.1, -0.05) is 231 Å². The standard InChI is InChI=1S/C90H110/c1-17-18-19-20-64-22-30-74-76-34-25-67(53-84(76)89(82(74)50-64,45-39-59(6)7)46-40-60(8)9)65-23-31-71-72-32-24-66(52-80(72)87(15,16)79(71)51-65)68-26-35-77-78-36-28-70(56-86(78)90(85(77)54-68,47-41-61(10)11)48-42-62(12)13)69-27-33-75-73-29-21-63(14)49-81(73)88(83(75)55-69,43-37-57(2)3)44-38-58(4)5/h21-36,49-62H,17-20,37-48H2,1-16H3. The molecule has 0 saturated heterocycles. The Hall–Kier alpha value is -6.24. The highest BCUT2D eigenvalue weighted by atomic mass is 14.5. The molecular formula is C90H110. The summed E-state index contributed by atoms with van der Waals surface area (Å²) in [6.45, 7) is 38.7. The Kier molecular flexibility index (Phi) is 18.0. The van der Waals surface area contributed by atoms with Crippen molar-refractivity contribution in [3.05, 3.63) is 201 Å². The molecule has 0 heterocycles. The Labute approximate surface area is 546 Å². The summed E-state index contributed by atoms with van der Waals surface area (Å²) in [4.78, 5) is 0. The van der Waals surface area contributed by atoms with Gasteiger partial charge in [0.25, 0.3) is 0 Å². The molecule has 12 rings (SSSR count). The largest absolute Gasteiger partial charge is 0.0654 e. The molecule has 0 bridgehead atoms. The third kappa shape index (κ3) is 11.6. The number of hydrogen-bond donors (Lipinski definition) is 0. The van der Waals surface area contributed by atoms with Gasteiger partial charge in [0, 0.05) is 21.7 Å². The minimum atomic E-state index is -0.167. The highest BCUT2D eigenvalue weighted by Gasteiger charge is 2.47. The van der Waals surface area contributed by atoms with Gasteiger partial charge in [-0.3, -0.25) is 0 Å². The van der Waals surface area contributed by atoms with Crippen LogP contribution >= 0.6 is 0 Å². The zero-order valence-electron chi connectivity index (χ0n) is 58.6. The number of aryl methyl sites for hydroxylation is 2. The Morgan fingerprint density at radius 2 is 0.522 bits per heavy atom. The first kappa shape index (κ1) is 63.9. The second-order valence-corrected chi connectivity index (χ2v) is 32.4. The van der Waals surface area contributed by atoms with Crippen LogP contribution in [0.3, 0.4) is 0 Å². The highest BCUT2D eigenvalue weighted by Crippen LogP contribution is 2.60. The normalized spacial score (nSPS) is 15.7. The number of rotatable bonds is 25. The van der Waals surface area contributed by atoms with Gasteiger partial charge < -0.3 is 0 Å². The van der Waals surface area contributed by atoms with Gasteiger partial charge in [0.05, 0.1) is 0 Å². The number of benzene rings is 8. The molecule has 0 unspecified atom stereocenters. The van der Waals surface area contributed by atoms with Crippen molar-refractivity contribution in [3.63, 3.8) is 0 Å². The monoisotopic (exact) mass is 1190 g/mol. The van der Waals surface area contributed by atoms with Crippen molar-refractivity contribution in [2.75, 3.05) is 0 Å². The van der Waals surface area contributed by atoms with E-state index in [1.54, 1.807) is 33.4 Å². The lowest BCUT2D eigenvalue weighted by Crippen LogP contribution is -2.27. The van der Waals surface area contributed by atoms with Crippen LogP contribution in [0.2, 0.25) is 0 Å². The SMILES string of the molecule is CCCCCc1ccc2c(c1)C(CCC(C)C)(CCC(C)C)c1cc(-c3ccc4c(c3)C(C)(C)c3cc(-c5ccc6c(c5)C(CCC(C)C)(CCC(C)C)c5cc(-c7ccc8c(c7)C(CCC(C)C)(CCC(C)C)c7cc(C)ccc7-8)ccc5-6)ccc3-4)ccc1-2. The minimum Gasteiger partial charge on any atom is -0.0654 e. The summed E-state index contributed by atoms with van der Waals surface area (Å²) >= 11 is 0. The second kappa shape index (κ2) is 25.3. The van der Waals surface area contributed by atoms with Crippen molar-refractivity contribution in [3.8, 4) is 77.9 Å². The van der Waals surface area contributed by atoms with Crippen molar-refractivity contribution in [2.24, 2.45) is 35.5 Å². The molecule has 470 valence electrons. The molecule has 8 aromatic rings. The molecule has 4 aliphatic rings. The molecule has 0 heteroatoms. The van der Waals surface area contributed by atoms with Crippen LogP contribution in [0.1, 0.15) is 256 Å². The van der Waals surface area contributed by atoms with Gasteiger partial charge in [-0.15, -0.1) is 0 Å². The summed E-state index contributed by atoms with van der Waals surface area (Å²) in [5.41, 5.74) is 34.6. The quantitative estimate of drug-likeness (QED) is 0.0500. The summed E-state index contributed by atoms with van der Waals surface area (Å²) in [6, 6.07) is 60.5. The maximum absolute atomic E-state index is 2.68. The molecule has 0 saturated carbocycles. The van der Waals surface area contributed by atoms with Crippen LogP contribution in [0.15, 0.2) is 146 Å². The van der Waals surface area contributed by atoms with Crippen molar-refractivity contribution < 1.29 is 0 Å². The fraction of sp³-hybridized carbons (Fsp3) is 0.467. The zero-order valence-corrected chi connectivity index (χ0v) is 58.6. The first-order valence-corrected chi connectivity index (χ1v) is 36.2. The van der Waals surface area contributed by atoms with E-state index in [0.717, 1.165) is 12.8 Å². The van der Waals surface area contributed by atoms with Crippen LogP contribution in [-0.2, 0) is 28.1 Å². The molecule has 0 spiro atoms. The highest BCUT2D eigenvalue weighted by molar-refractivity contribution is 5.91. The van der Waals surface area contributed by atoms with Gasteiger partial charge in [-0.2, -0.15) is 0 Å². The van der Waals surface area contributed by atoms with E-state index in [4.69, 9.17) is 0 Å². The second-order valence-electron chi connectivity index (χ2n) is 32.4. The van der Waals surface area contributed by atoms with E-state index in [2.05, 4.69) is 256 Å². The van der Waals surface area contributed by atoms with Gasteiger partial charge >= 0.3 is 0 Å². The Bertz CT molecular complexity index is 3900. The summed E-state index contributed by atoms with van der Waals surface area (Å²) in [5.74, 6) is 3.84. The maximum atomic E-state index is 2.68. The third-order valence-electron chi connectivity index (χ3n) is 22.9. The van der Waals surface area contributed by atoms with Crippen LogP contribution < -0.4 is 0 Å². The summed E-state index contributed by atoms with van der Waals surface area (Å²) < 4.78 is 0. The summed E-state index contributed by atoms with van der Waals surface area (Å²) in [7, 11) is 0. The fourth-order valence-corrected chi connectivity index (χ4v) is 17.4. The van der Waals surface area contributed by atoms with Crippen molar-refractivity contribution in [2.45, 2.75) is 235 Å². The van der Waals surface area contributed by atoms with Crippen molar-refractivity contribution >= 4 is 0 Å². The van der Waals surface area contributed by atoms with Gasteiger partial charge in [-0.05, 0) is 297 Å². The van der Waals surface area contributed by atoms with E-state index in [1.807, 2.05) is 0 Å². The topological polar surface area (TPSA) is 0 Å². The molecule has 0 fully saturated rings. The molecule has 0 atom stereocenters. The Morgan fingerprint density at radius 3 is 0.811 bits per heavy atom. The summed E-state index contributed by atoms with van der Waals surface area (Å²) in [6.07, 6.45) is 19.4. The van der Waals surface area contributed by atoms with E-state index in [-0.39, 0.29) is 21.7 Å². The predicted molar refractivity (Wildman–Crippen MR) is 391 cm³/mol. The minimum absolute atomic E-state index is 0.0180. The molecular weight excluding hydrogens is 1080 g/mol. The van der Waals surface area contributed by atoms with Crippen molar-refractivity contribution in [1.82, 2.24) is 0 Å². The first-order chi connectivity index (χ1) is 43.1. The van der Waals surface area contributed by atoms with Crippen molar-refractivity contribution in [1.29, 1.82) is 0 Å². The Morgan fingerprint density at radius 1 is 0.278 bits per heavy atom. The van der Waals surface area contributed by atoms with Crippen LogP contribution in [-0.4, -0.2) is 0 Å². The first-order valence-electron chi connectivity index (χ1n) is 36.2. The maximum Gasteiger partial charge on any atom is 0.0215 e. The molecule has 0 N–H and O–H groups in total. The lowest BCUT2D eigenvalue weighted by atomic mass is 9.68. The zero-order chi connectivity index (χ0) is 63.6. The van der Waals surface area contributed by atoms with E-state index in [9.17, 15) is 0 Å². The molecule has 8 aromatic carbocycles. The van der Waals surface area contributed by atoms with Gasteiger partial charge in [0.15, 0.2) is 0 Å². The number of hydrogen-bond acceptors (Lipinski definition) is 0. The van der Waals surface area contributed by atoms with E-state index in [1.165, 1.54) is 190 Å². The lowest BCUT2D eigenvalue weighted by molar-refractivity contribution is 0.364.